The Morgan fingerprint density at radius 3 is 2.25 bits per heavy atom. The average molecular weight is 325 g/mol. The van der Waals surface area contributed by atoms with Gasteiger partial charge in [-0.05, 0) is 29.5 Å². The summed E-state index contributed by atoms with van der Waals surface area (Å²) in [5, 5.41) is 11.7. The Labute approximate surface area is 140 Å². The van der Waals surface area contributed by atoms with E-state index in [1.54, 1.807) is 12.1 Å². The lowest BCUT2D eigenvalue weighted by atomic mass is 10.0. The number of carboxylic acids is 1. The zero-order chi connectivity index (χ0) is 17.0. The van der Waals surface area contributed by atoms with Crippen molar-refractivity contribution in [2.24, 2.45) is 0 Å². The van der Waals surface area contributed by atoms with Gasteiger partial charge in [-0.3, -0.25) is 4.79 Å². The zero-order valence-electron chi connectivity index (χ0n) is 13.2. The molecule has 0 aromatic heterocycles. The fourth-order valence-electron chi connectivity index (χ4n) is 2.68. The number of amides is 1. The Morgan fingerprint density at radius 2 is 1.67 bits per heavy atom. The molecule has 2 N–H and O–H groups in total. The van der Waals surface area contributed by atoms with Gasteiger partial charge in [-0.25, -0.2) is 4.79 Å². The molecule has 0 atom stereocenters. The molecule has 124 valence electrons. The summed E-state index contributed by atoms with van der Waals surface area (Å²) < 4.78 is 5.27. The van der Waals surface area contributed by atoms with Gasteiger partial charge in [0.05, 0.1) is 12.0 Å². The van der Waals surface area contributed by atoms with Gasteiger partial charge in [-0.2, -0.15) is 0 Å². The summed E-state index contributed by atoms with van der Waals surface area (Å²) in [7, 11) is 0. The molecular formula is C19H19NO4. The largest absolute Gasteiger partial charge is 0.481 e. The third-order valence-corrected chi connectivity index (χ3v) is 4.17. The van der Waals surface area contributed by atoms with Crippen molar-refractivity contribution >= 4 is 12.1 Å². The summed E-state index contributed by atoms with van der Waals surface area (Å²) in [6, 6.07) is 16.9. The first-order valence-corrected chi connectivity index (χ1v) is 7.87. The van der Waals surface area contributed by atoms with Crippen LogP contribution in [0.1, 0.15) is 29.5 Å². The number of carbonyl (C=O) groups excluding carboxylic acids is 1. The third-order valence-electron chi connectivity index (χ3n) is 4.17. The van der Waals surface area contributed by atoms with Crippen molar-refractivity contribution in [1.29, 1.82) is 0 Å². The van der Waals surface area contributed by atoms with Gasteiger partial charge in [0, 0.05) is 0 Å². The van der Waals surface area contributed by atoms with E-state index in [1.807, 2.05) is 42.5 Å². The van der Waals surface area contributed by atoms with Crippen molar-refractivity contribution in [2.75, 3.05) is 0 Å². The highest BCUT2D eigenvalue weighted by molar-refractivity contribution is 5.71. The Balaban J connectivity index is 1.57. The number of hydrogen-bond acceptors (Lipinski definition) is 3. The van der Waals surface area contributed by atoms with E-state index in [1.165, 1.54) is 0 Å². The van der Waals surface area contributed by atoms with Crippen LogP contribution in [0.4, 0.5) is 4.79 Å². The highest BCUT2D eigenvalue weighted by Crippen LogP contribution is 2.45. The van der Waals surface area contributed by atoms with E-state index in [4.69, 9.17) is 9.84 Å². The van der Waals surface area contributed by atoms with Crippen molar-refractivity contribution in [2.45, 2.75) is 31.4 Å². The molecule has 5 heteroatoms. The second-order valence-electron chi connectivity index (χ2n) is 6.04. The maximum absolute atomic E-state index is 12.0. The molecule has 1 aliphatic rings. The molecule has 0 bridgehead atoms. The Hall–Kier alpha value is -2.82. The first-order chi connectivity index (χ1) is 11.6. The highest BCUT2D eigenvalue weighted by Gasteiger charge is 2.46. The molecule has 0 spiro atoms. The second kappa shape index (κ2) is 6.74. The van der Waals surface area contributed by atoms with E-state index in [9.17, 15) is 9.59 Å². The number of hydrogen-bond donors (Lipinski definition) is 2. The lowest BCUT2D eigenvalue weighted by molar-refractivity contribution is -0.136. The van der Waals surface area contributed by atoms with E-state index in [2.05, 4.69) is 5.32 Å². The second-order valence-corrected chi connectivity index (χ2v) is 6.04. The van der Waals surface area contributed by atoms with Crippen LogP contribution in [0.3, 0.4) is 0 Å². The Bertz CT molecular complexity index is 721. The summed E-state index contributed by atoms with van der Waals surface area (Å²) in [6.45, 7) is 0.236. The number of benzene rings is 2. The quantitative estimate of drug-likeness (QED) is 0.855. The minimum atomic E-state index is -0.855. The standard InChI is InChI=1S/C19H19NO4/c21-17(22)12-14-6-8-16(9-7-14)19(10-11-19)20-18(23)24-13-15-4-2-1-3-5-15/h1-9H,10-13H2,(H,20,23)(H,21,22). The van der Waals surface area contributed by atoms with Gasteiger partial charge in [0.15, 0.2) is 0 Å². The molecule has 2 aromatic carbocycles. The Kier molecular flexibility index (Phi) is 4.51. The molecule has 0 saturated heterocycles. The maximum Gasteiger partial charge on any atom is 0.408 e. The van der Waals surface area contributed by atoms with Gasteiger partial charge in [0.25, 0.3) is 0 Å². The first-order valence-electron chi connectivity index (χ1n) is 7.87. The number of nitrogens with one attached hydrogen (secondary N) is 1. The monoisotopic (exact) mass is 325 g/mol. The molecule has 1 aliphatic carbocycles. The summed E-state index contributed by atoms with van der Waals surface area (Å²) >= 11 is 0. The van der Waals surface area contributed by atoms with E-state index < -0.39 is 12.1 Å². The fraction of sp³-hybridized carbons (Fsp3) is 0.263. The summed E-state index contributed by atoms with van der Waals surface area (Å²) in [5.41, 5.74) is 2.28. The predicted molar refractivity (Wildman–Crippen MR) is 88.5 cm³/mol. The number of carbonyl (C=O) groups is 2. The zero-order valence-corrected chi connectivity index (χ0v) is 13.2. The minimum Gasteiger partial charge on any atom is -0.481 e. The molecule has 0 heterocycles. The molecule has 0 unspecified atom stereocenters. The molecule has 3 rings (SSSR count). The van der Waals surface area contributed by atoms with E-state index in [0.717, 1.165) is 29.5 Å². The van der Waals surface area contributed by atoms with Crippen LogP contribution in [-0.4, -0.2) is 17.2 Å². The fourth-order valence-corrected chi connectivity index (χ4v) is 2.68. The number of aliphatic carboxylic acids is 1. The third kappa shape index (κ3) is 3.93. The number of rotatable bonds is 6. The van der Waals surface area contributed by atoms with Gasteiger partial charge in [-0.1, -0.05) is 54.6 Å². The van der Waals surface area contributed by atoms with Crippen LogP contribution in [0.2, 0.25) is 0 Å². The molecule has 2 aromatic rings. The lowest BCUT2D eigenvalue weighted by Crippen LogP contribution is -2.35. The summed E-state index contributed by atoms with van der Waals surface area (Å²) in [5.74, 6) is -0.855. The molecule has 24 heavy (non-hydrogen) atoms. The van der Waals surface area contributed by atoms with E-state index >= 15 is 0 Å². The van der Waals surface area contributed by atoms with Gasteiger partial charge >= 0.3 is 12.1 Å². The maximum atomic E-state index is 12.0. The van der Waals surface area contributed by atoms with Crippen molar-refractivity contribution in [3.05, 3.63) is 71.3 Å². The van der Waals surface area contributed by atoms with Crippen molar-refractivity contribution < 1.29 is 19.4 Å². The van der Waals surface area contributed by atoms with Crippen LogP contribution < -0.4 is 5.32 Å². The smallest absolute Gasteiger partial charge is 0.408 e. The predicted octanol–water partition coefficient (Wildman–Crippen LogP) is 3.23. The molecular weight excluding hydrogens is 306 g/mol. The van der Waals surface area contributed by atoms with Gasteiger partial charge in [0.1, 0.15) is 6.61 Å². The van der Waals surface area contributed by atoms with Crippen LogP contribution in [0.15, 0.2) is 54.6 Å². The van der Waals surface area contributed by atoms with Gasteiger partial charge in [-0.15, -0.1) is 0 Å². The molecule has 1 amide bonds. The first kappa shape index (κ1) is 16.1. The normalized spacial score (nSPS) is 14.7. The lowest BCUT2D eigenvalue weighted by Gasteiger charge is -2.18. The highest BCUT2D eigenvalue weighted by atomic mass is 16.5. The summed E-state index contributed by atoms with van der Waals surface area (Å²) in [6.07, 6.45) is 1.27. The van der Waals surface area contributed by atoms with E-state index in [0.29, 0.717) is 0 Å². The van der Waals surface area contributed by atoms with Crippen LogP contribution >= 0.6 is 0 Å². The van der Waals surface area contributed by atoms with E-state index in [-0.39, 0.29) is 18.6 Å². The number of carboxylic acid groups (broad SMARTS) is 1. The average Bonchev–Trinajstić information content (AvgIpc) is 3.35. The van der Waals surface area contributed by atoms with Crippen molar-refractivity contribution in [3.63, 3.8) is 0 Å². The van der Waals surface area contributed by atoms with Crippen LogP contribution in [-0.2, 0) is 28.1 Å². The number of alkyl carbamates (subject to hydrolysis) is 1. The Morgan fingerprint density at radius 1 is 1.00 bits per heavy atom. The SMILES string of the molecule is O=C(O)Cc1ccc(C2(NC(=O)OCc3ccccc3)CC2)cc1. The number of ether oxygens (including phenoxy) is 1. The van der Waals surface area contributed by atoms with Crippen molar-refractivity contribution in [1.82, 2.24) is 5.32 Å². The molecule has 0 aliphatic heterocycles. The van der Waals surface area contributed by atoms with Crippen LogP contribution in [0.25, 0.3) is 0 Å². The molecule has 5 nitrogen and oxygen atoms in total. The van der Waals surface area contributed by atoms with Gasteiger partial charge in [0.2, 0.25) is 0 Å². The van der Waals surface area contributed by atoms with Gasteiger partial charge < -0.3 is 15.2 Å². The molecule has 0 radical (unpaired) electrons. The van der Waals surface area contributed by atoms with Crippen molar-refractivity contribution in [3.8, 4) is 0 Å². The molecule has 1 fully saturated rings. The summed E-state index contributed by atoms with van der Waals surface area (Å²) in [4.78, 5) is 22.8. The minimum absolute atomic E-state index is 0.000173. The van der Waals surface area contributed by atoms with Crippen LogP contribution in [0.5, 0.6) is 0 Å². The molecule has 1 saturated carbocycles. The topological polar surface area (TPSA) is 75.6 Å². The van der Waals surface area contributed by atoms with Crippen LogP contribution in [0, 0.1) is 0 Å².